The van der Waals surface area contributed by atoms with Crippen LogP contribution < -0.4 is 5.32 Å². The summed E-state index contributed by atoms with van der Waals surface area (Å²) in [5.74, 6) is -1.11. The molecule has 7 nitrogen and oxygen atoms in total. The Bertz CT molecular complexity index is 1220. The first-order valence-electron chi connectivity index (χ1n) is 10.2. The number of rotatable bonds is 7. The third-order valence-electron chi connectivity index (χ3n) is 5.36. The molecule has 164 valence electrons. The molecule has 0 saturated heterocycles. The Morgan fingerprint density at radius 1 is 1.06 bits per heavy atom. The molecule has 0 unspecified atom stereocenters. The lowest BCUT2D eigenvalue weighted by Gasteiger charge is -2.12. The third-order valence-corrected chi connectivity index (χ3v) is 6.11. The first-order chi connectivity index (χ1) is 15.4. The van der Waals surface area contributed by atoms with Gasteiger partial charge in [0.1, 0.15) is 0 Å². The second-order valence-electron chi connectivity index (χ2n) is 7.68. The van der Waals surface area contributed by atoms with Crippen molar-refractivity contribution in [1.82, 2.24) is 9.88 Å². The van der Waals surface area contributed by atoms with Crippen LogP contribution in [0.25, 0.3) is 11.3 Å². The van der Waals surface area contributed by atoms with Gasteiger partial charge in [-0.2, -0.15) is 0 Å². The van der Waals surface area contributed by atoms with Crippen molar-refractivity contribution in [1.29, 1.82) is 0 Å². The predicted molar refractivity (Wildman–Crippen MR) is 123 cm³/mol. The van der Waals surface area contributed by atoms with Crippen LogP contribution in [0, 0.1) is 13.8 Å². The Hall–Kier alpha value is -3.36. The molecule has 0 saturated carbocycles. The number of thiazole rings is 1. The molecule has 3 aromatic rings. The van der Waals surface area contributed by atoms with E-state index in [1.165, 1.54) is 28.4 Å². The highest BCUT2D eigenvalue weighted by atomic mass is 32.1. The van der Waals surface area contributed by atoms with Gasteiger partial charge in [-0.25, -0.2) is 4.98 Å². The van der Waals surface area contributed by atoms with Gasteiger partial charge in [-0.15, -0.1) is 11.3 Å². The van der Waals surface area contributed by atoms with E-state index in [-0.39, 0.29) is 29.8 Å². The van der Waals surface area contributed by atoms with E-state index in [2.05, 4.69) is 16.4 Å². The molecular formula is C24H23N3O4S. The molecule has 0 spiro atoms. The fourth-order valence-corrected chi connectivity index (χ4v) is 4.34. The van der Waals surface area contributed by atoms with Gasteiger partial charge in [0.25, 0.3) is 17.7 Å². The van der Waals surface area contributed by atoms with Crippen LogP contribution in [-0.2, 0) is 4.74 Å². The molecule has 8 heteroatoms. The monoisotopic (exact) mass is 449 g/mol. The number of imide groups is 1. The van der Waals surface area contributed by atoms with Crippen molar-refractivity contribution < 1.29 is 19.1 Å². The Labute approximate surface area is 190 Å². The lowest BCUT2D eigenvalue weighted by molar-refractivity contribution is 0.0638. The lowest BCUT2D eigenvalue weighted by Crippen LogP contribution is -2.31. The van der Waals surface area contributed by atoms with Crippen molar-refractivity contribution >= 4 is 34.2 Å². The number of nitrogens with one attached hydrogen (secondary N) is 1. The van der Waals surface area contributed by atoms with Gasteiger partial charge >= 0.3 is 0 Å². The summed E-state index contributed by atoms with van der Waals surface area (Å²) in [7, 11) is 1.57. The van der Waals surface area contributed by atoms with E-state index in [0.717, 1.165) is 22.4 Å². The minimum Gasteiger partial charge on any atom is -0.385 e. The Kier molecular flexibility index (Phi) is 6.16. The number of ether oxygens (including phenoxy) is 1. The minimum atomic E-state index is -0.387. The van der Waals surface area contributed by atoms with E-state index in [0.29, 0.717) is 29.3 Å². The summed E-state index contributed by atoms with van der Waals surface area (Å²) in [6.07, 6.45) is 0.558. The molecule has 32 heavy (non-hydrogen) atoms. The number of fused-ring (bicyclic) bond motifs is 1. The first kappa shape index (κ1) is 21.9. The molecular weight excluding hydrogens is 426 g/mol. The van der Waals surface area contributed by atoms with Gasteiger partial charge in [-0.1, -0.05) is 17.7 Å². The van der Waals surface area contributed by atoms with E-state index in [1.807, 2.05) is 31.4 Å². The van der Waals surface area contributed by atoms with Crippen molar-refractivity contribution in [3.8, 4) is 11.3 Å². The summed E-state index contributed by atoms with van der Waals surface area (Å²) in [6, 6.07) is 10.7. The van der Waals surface area contributed by atoms with Crippen LogP contribution in [0.5, 0.6) is 0 Å². The summed E-state index contributed by atoms with van der Waals surface area (Å²) < 4.78 is 4.99. The quantitative estimate of drug-likeness (QED) is 0.429. The van der Waals surface area contributed by atoms with Gasteiger partial charge in [0.15, 0.2) is 5.13 Å². The third kappa shape index (κ3) is 4.19. The second-order valence-corrected chi connectivity index (χ2v) is 8.54. The molecule has 1 aliphatic heterocycles. The highest BCUT2D eigenvalue weighted by Crippen LogP contribution is 2.29. The molecule has 1 aromatic heterocycles. The number of hydrogen-bond donors (Lipinski definition) is 1. The average molecular weight is 450 g/mol. The zero-order valence-corrected chi connectivity index (χ0v) is 18.9. The normalized spacial score (nSPS) is 12.9. The van der Waals surface area contributed by atoms with E-state index >= 15 is 0 Å². The number of nitrogens with zero attached hydrogens (tertiary/aromatic N) is 2. The van der Waals surface area contributed by atoms with Crippen LogP contribution >= 0.6 is 11.3 Å². The van der Waals surface area contributed by atoms with Crippen LogP contribution in [0.4, 0.5) is 5.13 Å². The second kappa shape index (κ2) is 9.02. The van der Waals surface area contributed by atoms with E-state index in [1.54, 1.807) is 13.2 Å². The molecule has 3 amide bonds. The number of aromatic nitrogens is 1. The fourth-order valence-electron chi connectivity index (χ4n) is 3.64. The largest absolute Gasteiger partial charge is 0.385 e. The predicted octanol–water partition coefficient (Wildman–Crippen LogP) is 4.31. The zero-order chi connectivity index (χ0) is 22.8. The Balaban J connectivity index is 1.50. The van der Waals surface area contributed by atoms with Gasteiger partial charge in [-0.05, 0) is 50.1 Å². The summed E-state index contributed by atoms with van der Waals surface area (Å²) in [4.78, 5) is 43.7. The molecule has 1 aliphatic rings. The van der Waals surface area contributed by atoms with Crippen molar-refractivity contribution in [3.05, 3.63) is 69.6 Å². The highest BCUT2D eigenvalue weighted by Gasteiger charge is 2.35. The number of benzene rings is 2. The highest BCUT2D eigenvalue weighted by molar-refractivity contribution is 7.14. The topological polar surface area (TPSA) is 88.6 Å². The Morgan fingerprint density at radius 2 is 1.84 bits per heavy atom. The van der Waals surface area contributed by atoms with Gasteiger partial charge in [0, 0.05) is 36.8 Å². The number of methoxy groups -OCH3 is 1. The van der Waals surface area contributed by atoms with Gasteiger partial charge in [0.05, 0.1) is 16.8 Å². The maximum atomic E-state index is 12.8. The van der Waals surface area contributed by atoms with Gasteiger partial charge in [-0.3, -0.25) is 24.6 Å². The maximum Gasteiger partial charge on any atom is 0.261 e. The molecule has 1 N–H and O–H groups in total. The zero-order valence-electron chi connectivity index (χ0n) is 18.1. The molecule has 0 bridgehead atoms. The lowest BCUT2D eigenvalue weighted by atomic mass is 10.0. The van der Waals surface area contributed by atoms with E-state index < -0.39 is 0 Å². The summed E-state index contributed by atoms with van der Waals surface area (Å²) in [6.45, 7) is 4.78. The molecule has 0 fully saturated rings. The molecule has 2 aromatic carbocycles. The van der Waals surface area contributed by atoms with Crippen LogP contribution in [0.2, 0.25) is 0 Å². The first-order valence-corrected chi connectivity index (χ1v) is 11.1. The number of carbonyl (C=O) groups excluding carboxylic acids is 3. The van der Waals surface area contributed by atoms with E-state index in [9.17, 15) is 14.4 Å². The van der Waals surface area contributed by atoms with Crippen LogP contribution in [0.1, 0.15) is 48.6 Å². The fraction of sp³-hybridized carbons (Fsp3) is 0.250. The summed E-state index contributed by atoms with van der Waals surface area (Å²) in [5, 5.41) is 5.17. The SMILES string of the molecule is COCCCN1C(=O)c2ccc(C(=O)Nc3nc(-c4cc(C)ccc4C)cs3)cc2C1=O. The maximum absolute atomic E-state index is 12.8. The standard InChI is InChI=1S/C24H23N3O4S/c1-14-5-6-15(2)18(11-14)20-13-32-24(25-20)26-21(28)16-7-8-17-19(12-16)23(30)27(22(17)29)9-4-10-31-3/h5-8,11-13H,4,9-10H2,1-3H3,(H,25,26,28). The Morgan fingerprint density at radius 3 is 2.62 bits per heavy atom. The van der Waals surface area contributed by atoms with Crippen LogP contribution in [-0.4, -0.2) is 47.9 Å². The average Bonchev–Trinajstić information content (AvgIpc) is 3.33. The molecule has 0 aliphatic carbocycles. The molecule has 2 heterocycles. The van der Waals surface area contributed by atoms with Crippen molar-refractivity contribution in [2.45, 2.75) is 20.3 Å². The number of carbonyl (C=O) groups is 3. The molecule has 0 radical (unpaired) electrons. The van der Waals surface area contributed by atoms with Gasteiger partial charge < -0.3 is 4.74 Å². The van der Waals surface area contributed by atoms with Crippen molar-refractivity contribution in [2.75, 3.05) is 25.6 Å². The molecule has 0 atom stereocenters. The number of amides is 3. The van der Waals surface area contributed by atoms with Gasteiger partial charge in [0.2, 0.25) is 0 Å². The van der Waals surface area contributed by atoms with Crippen molar-refractivity contribution in [2.24, 2.45) is 0 Å². The number of hydrogen-bond acceptors (Lipinski definition) is 6. The number of aryl methyl sites for hydroxylation is 2. The van der Waals surface area contributed by atoms with E-state index in [4.69, 9.17) is 4.74 Å². The number of anilines is 1. The molecule has 4 rings (SSSR count). The van der Waals surface area contributed by atoms with Crippen LogP contribution in [0.15, 0.2) is 41.8 Å². The smallest absolute Gasteiger partial charge is 0.261 e. The van der Waals surface area contributed by atoms with Crippen molar-refractivity contribution in [3.63, 3.8) is 0 Å². The van der Waals surface area contributed by atoms with Crippen LogP contribution in [0.3, 0.4) is 0 Å². The summed E-state index contributed by atoms with van der Waals surface area (Å²) in [5.41, 5.74) is 4.93. The minimum absolute atomic E-state index is 0.246. The summed E-state index contributed by atoms with van der Waals surface area (Å²) >= 11 is 1.34.